The van der Waals surface area contributed by atoms with Crippen molar-refractivity contribution in [2.75, 3.05) is 26.4 Å². The Bertz CT molecular complexity index is 192. The molecule has 108 valence electrons. The fraction of sp³-hybridized carbons (Fsp3) is 1.00. The van der Waals surface area contributed by atoms with Gasteiger partial charge in [-0.15, -0.1) is 0 Å². The predicted molar refractivity (Wildman–Crippen MR) is 74.0 cm³/mol. The molecule has 2 atom stereocenters. The van der Waals surface area contributed by atoms with Crippen LogP contribution in [0.4, 0.5) is 0 Å². The summed E-state index contributed by atoms with van der Waals surface area (Å²) in [5.74, 6) is 0. The zero-order chi connectivity index (χ0) is 13.1. The summed E-state index contributed by atoms with van der Waals surface area (Å²) >= 11 is 0. The zero-order valence-corrected chi connectivity index (χ0v) is 13.0. The molecule has 0 saturated carbocycles. The third-order valence-electron chi connectivity index (χ3n) is 2.93. The van der Waals surface area contributed by atoms with Crippen molar-refractivity contribution in [1.82, 2.24) is 0 Å². The van der Waals surface area contributed by atoms with E-state index in [1.54, 1.807) is 0 Å². The van der Waals surface area contributed by atoms with Crippen LogP contribution in [0.1, 0.15) is 46.0 Å². The van der Waals surface area contributed by atoms with Gasteiger partial charge in [-0.3, -0.25) is 0 Å². The predicted octanol–water partition coefficient (Wildman–Crippen LogP) is 2.60. The number of ether oxygens (including phenoxy) is 2. The maximum Gasteiger partial charge on any atom is 0.323 e. The molecule has 0 aromatic heterocycles. The van der Waals surface area contributed by atoms with E-state index in [1.807, 2.05) is 6.92 Å². The van der Waals surface area contributed by atoms with Crippen LogP contribution >= 0.6 is 0 Å². The second-order valence-electron chi connectivity index (χ2n) is 4.57. The summed E-state index contributed by atoms with van der Waals surface area (Å²) in [5.41, 5.74) is 0. The maximum atomic E-state index is 5.89. The SMILES string of the molecule is CCCCO[SiH]1CCCC(OCCCOCC)O1. The molecule has 0 aliphatic carbocycles. The lowest BCUT2D eigenvalue weighted by Gasteiger charge is -2.28. The van der Waals surface area contributed by atoms with Crippen LogP contribution in [0.2, 0.25) is 6.04 Å². The van der Waals surface area contributed by atoms with Crippen LogP contribution in [0.15, 0.2) is 0 Å². The Morgan fingerprint density at radius 2 is 2.06 bits per heavy atom. The highest BCUT2D eigenvalue weighted by Gasteiger charge is 2.25. The molecule has 1 rings (SSSR count). The lowest BCUT2D eigenvalue weighted by atomic mass is 10.3. The Hall–Kier alpha value is 0.0569. The van der Waals surface area contributed by atoms with Crippen molar-refractivity contribution in [2.24, 2.45) is 0 Å². The van der Waals surface area contributed by atoms with Crippen molar-refractivity contribution in [3.63, 3.8) is 0 Å². The number of unbranched alkanes of at least 4 members (excludes halogenated alkanes) is 1. The van der Waals surface area contributed by atoms with E-state index in [1.165, 1.54) is 12.8 Å². The Balaban J connectivity index is 2.03. The number of rotatable bonds is 10. The van der Waals surface area contributed by atoms with Crippen molar-refractivity contribution in [3.8, 4) is 0 Å². The summed E-state index contributed by atoms with van der Waals surface area (Å²) in [5, 5.41) is 0. The van der Waals surface area contributed by atoms with Gasteiger partial charge in [-0.2, -0.15) is 0 Å². The van der Waals surface area contributed by atoms with Crippen LogP contribution in [0.5, 0.6) is 0 Å². The molecule has 0 aromatic rings. The molecule has 1 heterocycles. The van der Waals surface area contributed by atoms with Crippen molar-refractivity contribution in [2.45, 2.75) is 58.3 Å². The van der Waals surface area contributed by atoms with Gasteiger partial charge in [-0.1, -0.05) is 13.3 Å². The highest BCUT2D eigenvalue weighted by Crippen LogP contribution is 2.19. The molecule has 0 bridgehead atoms. The van der Waals surface area contributed by atoms with Crippen LogP contribution in [0.3, 0.4) is 0 Å². The quantitative estimate of drug-likeness (QED) is 0.454. The average molecular weight is 276 g/mol. The van der Waals surface area contributed by atoms with Crippen molar-refractivity contribution in [1.29, 1.82) is 0 Å². The van der Waals surface area contributed by atoms with E-state index in [-0.39, 0.29) is 6.29 Å². The standard InChI is InChI=1S/C13H28O4Si/c1-3-5-11-16-18-12-6-8-13(17-18)15-10-7-9-14-4-2/h13,18H,3-12H2,1-2H3. The molecule has 0 radical (unpaired) electrons. The minimum Gasteiger partial charge on any atom is -0.396 e. The first-order chi connectivity index (χ1) is 8.86. The lowest BCUT2D eigenvalue weighted by molar-refractivity contribution is -0.109. The summed E-state index contributed by atoms with van der Waals surface area (Å²) in [6, 6.07) is 1.13. The van der Waals surface area contributed by atoms with Crippen LogP contribution in [-0.2, 0) is 18.3 Å². The summed E-state index contributed by atoms with van der Waals surface area (Å²) in [4.78, 5) is 0. The summed E-state index contributed by atoms with van der Waals surface area (Å²) in [7, 11) is -1.44. The van der Waals surface area contributed by atoms with Gasteiger partial charge in [0.05, 0.1) is 6.61 Å². The molecule has 1 fully saturated rings. The molecular weight excluding hydrogens is 248 g/mol. The fourth-order valence-corrected chi connectivity index (χ4v) is 3.81. The molecule has 2 unspecified atom stereocenters. The maximum absolute atomic E-state index is 5.89. The third-order valence-corrected chi connectivity index (χ3v) is 5.02. The molecule has 0 aromatic carbocycles. The fourth-order valence-electron chi connectivity index (χ4n) is 1.88. The van der Waals surface area contributed by atoms with Gasteiger partial charge in [0.2, 0.25) is 0 Å². The second kappa shape index (κ2) is 10.9. The van der Waals surface area contributed by atoms with Gasteiger partial charge in [0, 0.05) is 19.8 Å². The van der Waals surface area contributed by atoms with Gasteiger partial charge in [0.25, 0.3) is 0 Å². The van der Waals surface area contributed by atoms with Crippen LogP contribution in [-0.4, -0.2) is 42.0 Å². The second-order valence-corrected chi connectivity index (χ2v) is 6.61. The van der Waals surface area contributed by atoms with E-state index in [9.17, 15) is 0 Å². The topological polar surface area (TPSA) is 36.9 Å². The first-order valence-corrected chi connectivity index (χ1v) is 9.09. The van der Waals surface area contributed by atoms with E-state index >= 15 is 0 Å². The van der Waals surface area contributed by atoms with Gasteiger partial charge in [-0.05, 0) is 38.7 Å². The molecule has 5 heteroatoms. The molecule has 18 heavy (non-hydrogen) atoms. The first-order valence-electron chi connectivity index (χ1n) is 7.33. The Labute approximate surface area is 113 Å². The number of hydrogen-bond acceptors (Lipinski definition) is 4. The van der Waals surface area contributed by atoms with Crippen molar-refractivity contribution >= 4 is 9.28 Å². The van der Waals surface area contributed by atoms with Crippen molar-refractivity contribution < 1.29 is 18.3 Å². The van der Waals surface area contributed by atoms with Crippen molar-refractivity contribution in [3.05, 3.63) is 0 Å². The molecule has 1 aliphatic rings. The minimum atomic E-state index is -1.44. The largest absolute Gasteiger partial charge is 0.396 e. The van der Waals surface area contributed by atoms with E-state index in [2.05, 4.69) is 6.92 Å². The minimum absolute atomic E-state index is 0.0290. The van der Waals surface area contributed by atoms with Gasteiger partial charge < -0.3 is 18.3 Å². The molecule has 0 spiro atoms. The first kappa shape index (κ1) is 16.1. The molecule has 4 nitrogen and oxygen atoms in total. The van der Waals surface area contributed by atoms with Gasteiger partial charge in [0.1, 0.15) is 6.29 Å². The Morgan fingerprint density at radius 3 is 2.83 bits per heavy atom. The Kier molecular flexibility index (Phi) is 9.79. The summed E-state index contributed by atoms with van der Waals surface area (Å²) in [6.07, 6.45) is 5.41. The van der Waals surface area contributed by atoms with E-state index in [0.29, 0.717) is 0 Å². The normalized spacial score (nSPS) is 24.3. The molecule has 1 saturated heterocycles. The number of hydrogen-bond donors (Lipinski definition) is 0. The van der Waals surface area contributed by atoms with E-state index < -0.39 is 9.28 Å². The van der Waals surface area contributed by atoms with Gasteiger partial charge in [0.15, 0.2) is 0 Å². The van der Waals surface area contributed by atoms with Gasteiger partial charge >= 0.3 is 9.28 Å². The van der Waals surface area contributed by atoms with Crippen LogP contribution in [0, 0.1) is 0 Å². The summed E-state index contributed by atoms with van der Waals surface area (Å²) in [6.45, 7) is 7.31. The van der Waals surface area contributed by atoms with Gasteiger partial charge in [-0.25, -0.2) is 0 Å². The highest BCUT2D eigenvalue weighted by atomic mass is 28.3. The molecule has 1 aliphatic heterocycles. The zero-order valence-electron chi connectivity index (χ0n) is 11.9. The lowest BCUT2D eigenvalue weighted by Crippen LogP contribution is -2.35. The Morgan fingerprint density at radius 1 is 1.17 bits per heavy atom. The smallest absolute Gasteiger partial charge is 0.323 e. The van der Waals surface area contributed by atoms with E-state index in [0.717, 1.165) is 51.7 Å². The van der Waals surface area contributed by atoms with Crippen LogP contribution < -0.4 is 0 Å². The average Bonchev–Trinajstić information content (AvgIpc) is 2.39. The summed E-state index contributed by atoms with van der Waals surface area (Å²) < 4.78 is 22.7. The monoisotopic (exact) mass is 276 g/mol. The molecule has 0 amide bonds. The van der Waals surface area contributed by atoms with E-state index in [4.69, 9.17) is 18.3 Å². The van der Waals surface area contributed by atoms with Crippen LogP contribution in [0.25, 0.3) is 0 Å². The molecular formula is C13H28O4Si. The highest BCUT2D eigenvalue weighted by molar-refractivity contribution is 6.44. The third kappa shape index (κ3) is 7.48. The molecule has 0 N–H and O–H groups in total.